The molecule has 6 N–H and O–H groups in total. The lowest BCUT2D eigenvalue weighted by molar-refractivity contribution is 0.122. The summed E-state index contributed by atoms with van der Waals surface area (Å²) in [5, 5.41) is 30.0. The van der Waals surface area contributed by atoms with Gasteiger partial charge in [-0.25, -0.2) is 4.98 Å². The fourth-order valence-electron chi connectivity index (χ4n) is 4.44. The largest absolute Gasteiger partial charge is 0.496 e. The number of fused-ring (bicyclic) bond motifs is 1. The smallest absolute Gasteiger partial charge is 0.259 e. The van der Waals surface area contributed by atoms with Crippen molar-refractivity contribution < 1.29 is 24.1 Å². The molecule has 196 valence electrons. The first-order valence-electron chi connectivity index (χ1n) is 12.1. The summed E-state index contributed by atoms with van der Waals surface area (Å²) in [6.07, 6.45) is 1.70. The minimum atomic E-state index is -0.742. The van der Waals surface area contributed by atoms with Crippen LogP contribution in [-0.2, 0) is 17.8 Å². The Labute approximate surface area is 208 Å². The molecule has 1 fully saturated rings. The molecule has 1 aromatic carbocycles. The number of rotatable bonds is 12. The summed E-state index contributed by atoms with van der Waals surface area (Å²) in [6.45, 7) is 3.61. The molecule has 1 aliphatic rings. The van der Waals surface area contributed by atoms with Crippen molar-refractivity contribution in [2.24, 2.45) is 0 Å². The quantitative estimate of drug-likeness (QED) is 0.245. The van der Waals surface area contributed by atoms with Crippen LogP contribution >= 0.6 is 0 Å². The van der Waals surface area contributed by atoms with Crippen molar-refractivity contribution in [3.05, 3.63) is 35.3 Å². The summed E-state index contributed by atoms with van der Waals surface area (Å²) in [7, 11) is 1.58. The monoisotopic (exact) mass is 503 g/mol. The van der Waals surface area contributed by atoms with E-state index in [1.807, 2.05) is 18.2 Å². The summed E-state index contributed by atoms with van der Waals surface area (Å²) in [5.41, 5.74) is 8.04. The second-order valence-corrected chi connectivity index (χ2v) is 8.96. The number of hydrogen-bond donors (Lipinski definition) is 5. The van der Waals surface area contributed by atoms with Gasteiger partial charge in [-0.1, -0.05) is 25.5 Å². The minimum Gasteiger partial charge on any atom is -0.496 e. The molecule has 12 heteroatoms. The van der Waals surface area contributed by atoms with Gasteiger partial charge < -0.3 is 36.1 Å². The van der Waals surface area contributed by atoms with Crippen LogP contribution in [0.5, 0.6) is 5.75 Å². The number of hydrogen-bond acceptors (Lipinski definition) is 10. The highest BCUT2D eigenvalue weighted by atomic mass is 19.1. The molecule has 0 unspecified atom stereocenters. The third-order valence-electron chi connectivity index (χ3n) is 6.31. The molecule has 3 atom stereocenters. The van der Waals surface area contributed by atoms with Gasteiger partial charge in [0.25, 0.3) is 5.95 Å². The number of nitrogen functional groups attached to an aromatic ring is 1. The number of aliphatic hydroxyl groups is 2. The zero-order valence-electron chi connectivity index (χ0n) is 20.6. The Hall–Kier alpha value is -3.06. The van der Waals surface area contributed by atoms with E-state index in [1.165, 1.54) is 4.68 Å². The lowest BCUT2D eigenvalue weighted by Crippen LogP contribution is -2.38. The summed E-state index contributed by atoms with van der Waals surface area (Å²) < 4.78 is 27.2. The van der Waals surface area contributed by atoms with Gasteiger partial charge in [-0.05, 0) is 24.5 Å². The van der Waals surface area contributed by atoms with E-state index in [1.54, 1.807) is 7.11 Å². The van der Waals surface area contributed by atoms with E-state index in [0.29, 0.717) is 43.3 Å². The van der Waals surface area contributed by atoms with E-state index in [4.69, 9.17) is 15.2 Å². The first kappa shape index (κ1) is 26.0. The Morgan fingerprint density at radius 2 is 2.14 bits per heavy atom. The maximum atomic E-state index is 14.8. The van der Waals surface area contributed by atoms with Gasteiger partial charge in [0.05, 0.1) is 39.0 Å². The van der Waals surface area contributed by atoms with Crippen LogP contribution in [0, 0.1) is 5.95 Å². The minimum absolute atomic E-state index is 0.0140. The van der Waals surface area contributed by atoms with Gasteiger partial charge in [0.1, 0.15) is 11.3 Å². The molecule has 0 radical (unpaired) electrons. The SMILES string of the molecule is CCC[C@@H](CCO)Nc1nc(N)nc2c(F)nn(Cc3ccc(CN[C@@H]4COC[C@H]4O)cc3OC)c12. The van der Waals surface area contributed by atoms with Gasteiger partial charge in [0.2, 0.25) is 5.95 Å². The normalized spacial score (nSPS) is 18.6. The molecule has 2 aromatic heterocycles. The van der Waals surface area contributed by atoms with Crippen molar-refractivity contribution in [2.75, 3.05) is 38.0 Å². The highest BCUT2D eigenvalue weighted by molar-refractivity contribution is 5.87. The molecule has 11 nitrogen and oxygen atoms in total. The Bertz CT molecular complexity index is 1170. The molecule has 1 saturated heterocycles. The summed E-state index contributed by atoms with van der Waals surface area (Å²) >= 11 is 0. The summed E-state index contributed by atoms with van der Waals surface area (Å²) in [5.74, 6) is 0.193. The van der Waals surface area contributed by atoms with E-state index >= 15 is 0 Å². The summed E-state index contributed by atoms with van der Waals surface area (Å²) in [6, 6.07) is 5.57. The molecule has 0 aliphatic carbocycles. The predicted octanol–water partition coefficient (Wildman–Crippen LogP) is 1.42. The number of halogens is 1. The van der Waals surface area contributed by atoms with Crippen molar-refractivity contribution in [1.29, 1.82) is 0 Å². The predicted molar refractivity (Wildman–Crippen MR) is 133 cm³/mol. The van der Waals surface area contributed by atoms with E-state index < -0.39 is 12.1 Å². The Balaban J connectivity index is 1.61. The number of nitrogens with zero attached hydrogens (tertiary/aromatic N) is 4. The maximum Gasteiger partial charge on any atom is 0.259 e. The molecule has 1 aliphatic heterocycles. The van der Waals surface area contributed by atoms with Crippen molar-refractivity contribution in [3.8, 4) is 5.75 Å². The van der Waals surface area contributed by atoms with E-state index in [-0.39, 0.29) is 36.7 Å². The average molecular weight is 504 g/mol. The van der Waals surface area contributed by atoms with Crippen LogP contribution in [0.1, 0.15) is 37.3 Å². The molecular weight excluding hydrogens is 469 g/mol. The molecule has 0 spiro atoms. The molecule has 4 rings (SSSR count). The number of ether oxygens (including phenoxy) is 2. The Kier molecular flexibility index (Phi) is 8.52. The second-order valence-electron chi connectivity index (χ2n) is 8.96. The number of aromatic nitrogens is 4. The molecule has 3 heterocycles. The van der Waals surface area contributed by atoms with E-state index in [0.717, 1.165) is 24.0 Å². The van der Waals surface area contributed by atoms with E-state index in [2.05, 4.69) is 32.6 Å². The number of anilines is 2. The zero-order chi connectivity index (χ0) is 25.7. The van der Waals surface area contributed by atoms with Gasteiger partial charge in [0.15, 0.2) is 11.3 Å². The molecule has 0 bridgehead atoms. The van der Waals surface area contributed by atoms with E-state index in [9.17, 15) is 14.6 Å². The van der Waals surface area contributed by atoms with Gasteiger partial charge >= 0.3 is 0 Å². The Morgan fingerprint density at radius 1 is 1.31 bits per heavy atom. The standard InChI is InChI=1S/C24H34FN7O4/c1-3-4-16(7-8-33)28-23-21-20(29-24(26)30-23)22(25)31-32(21)11-15-6-5-14(9-19(15)35-2)10-27-17-12-36-13-18(17)34/h5-6,9,16-18,27,33-34H,3-4,7-8,10-13H2,1-2H3,(H3,26,28,29,30)/t16-,17+,18+/m0/s1. The van der Waals surface area contributed by atoms with Crippen molar-refractivity contribution >= 4 is 22.8 Å². The maximum absolute atomic E-state index is 14.8. The van der Waals surface area contributed by atoms with Crippen LogP contribution in [0.4, 0.5) is 16.2 Å². The van der Waals surface area contributed by atoms with Crippen molar-refractivity contribution in [3.63, 3.8) is 0 Å². The van der Waals surface area contributed by atoms with Gasteiger partial charge in [-0.3, -0.25) is 4.68 Å². The van der Waals surface area contributed by atoms with Gasteiger partial charge in [0, 0.05) is 24.8 Å². The highest BCUT2D eigenvalue weighted by Crippen LogP contribution is 2.28. The van der Waals surface area contributed by atoms with Crippen LogP contribution in [0.2, 0.25) is 0 Å². The third-order valence-corrected chi connectivity index (χ3v) is 6.31. The lowest BCUT2D eigenvalue weighted by atomic mass is 10.1. The van der Waals surface area contributed by atoms with Crippen molar-refractivity contribution in [1.82, 2.24) is 25.1 Å². The fraction of sp³-hybridized carbons (Fsp3) is 0.542. The number of aliphatic hydroxyl groups excluding tert-OH is 2. The highest BCUT2D eigenvalue weighted by Gasteiger charge is 2.25. The first-order chi connectivity index (χ1) is 17.4. The number of nitrogens with two attached hydrogens (primary N) is 1. The van der Waals surface area contributed by atoms with Gasteiger partial charge in [-0.2, -0.15) is 9.37 Å². The molecule has 0 saturated carbocycles. The third kappa shape index (κ3) is 5.84. The first-order valence-corrected chi connectivity index (χ1v) is 12.1. The number of methoxy groups -OCH3 is 1. The zero-order valence-corrected chi connectivity index (χ0v) is 20.6. The number of nitrogens with one attached hydrogen (secondary N) is 2. The average Bonchev–Trinajstić information content (AvgIpc) is 3.40. The van der Waals surface area contributed by atoms with Crippen LogP contribution in [-0.4, -0.2) is 75.1 Å². The molecule has 3 aromatic rings. The van der Waals surface area contributed by atoms with Crippen LogP contribution in [0.15, 0.2) is 18.2 Å². The molecule has 0 amide bonds. The fourth-order valence-corrected chi connectivity index (χ4v) is 4.44. The molecule has 36 heavy (non-hydrogen) atoms. The van der Waals surface area contributed by atoms with Crippen LogP contribution < -0.4 is 21.1 Å². The molecular formula is C24H34FN7O4. The van der Waals surface area contributed by atoms with Crippen LogP contribution in [0.25, 0.3) is 11.0 Å². The van der Waals surface area contributed by atoms with Crippen LogP contribution in [0.3, 0.4) is 0 Å². The van der Waals surface area contributed by atoms with Crippen molar-refractivity contribution in [2.45, 2.75) is 57.5 Å². The number of benzene rings is 1. The summed E-state index contributed by atoms with van der Waals surface area (Å²) in [4.78, 5) is 8.39. The Morgan fingerprint density at radius 3 is 2.83 bits per heavy atom. The van der Waals surface area contributed by atoms with Gasteiger partial charge in [-0.15, -0.1) is 5.10 Å². The lowest BCUT2D eigenvalue weighted by Gasteiger charge is -2.19. The second kappa shape index (κ2) is 11.8. The topological polar surface area (TPSA) is 153 Å².